The molecule has 3 rings (SSSR count). The largest absolute Gasteiger partial charge is 0.416 e. The first-order chi connectivity index (χ1) is 13.6. The number of nitrogens with one attached hydrogen (secondary N) is 1. The predicted octanol–water partition coefficient (Wildman–Crippen LogP) is 4.01. The molecule has 1 aliphatic carbocycles. The Morgan fingerprint density at radius 2 is 1.72 bits per heavy atom. The molecule has 3 atom stereocenters. The Kier molecular flexibility index (Phi) is 5.82. The molecule has 5 nitrogen and oxygen atoms in total. The predicted molar refractivity (Wildman–Crippen MR) is 101 cm³/mol. The molecular formula is C21H23F3N2O3. The molecule has 0 radical (unpaired) electrons. The zero-order valence-electron chi connectivity index (χ0n) is 16.2. The number of amides is 3. The van der Waals surface area contributed by atoms with Gasteiger partial charge in [-0.2, -0.15) is 13.2 Å². The van der Waals surface area contributed by atoms with Crippen molar-refractivity contribution >= 4 is 23.4 Å². The molecule has 1 N–H and O–H groups in total. The number of carbonyl (C=O) groups is 3. The minimum absolute atomic E-state index is 0.00591. The third-order valence-electron chi connectivity index (χ3n) is 5.31. The fourth-order valence-electron chi connectivity index (χ4n) is 3.91. The number of imide groups is 1. The van der Waals surface area contributed by atoms with E-state index in [-0.39, 0.29) is 29.8 Å². The highest BCUT2D eigenvalue weighted by Crippen LogP contribution is 2.37. The van der Waals surface area contributed by atoms with Crippen molar-refractivity contribution in [3.05, 3.63) is 42.0 Å². The molecule has 29 heavy (non-hydrogen) atoms. The third kappa shape index (κ3) is 4.36. The van der Waals surface area contributed by atoms with Crippen LogP contribution < -0.4 is 5.32 Å². The van der Waals surface area contributed by atoms with Gasteiger partial charge in [0.25, 0.3) is 0 Å². The number of hydrogen-bond acceptors (Lipinski definition) is 3. The molecule has 3 amide bonds. The topological polar surface area (TPSA) is 66.5 Å². The Hall–Kier alpha value is -2.64. The van der Waals surface area contributed by atoms with Gasteiger partial charge in [0.05, 0.1) is 17.4 Å². The van der Waals surface area contributed by atoms with Crippen LogP contribution >= 0.6 is 0 Å². The van der Waals surface area contributed by atoms with Crippen LogP contribution in [0, 0.1) is 17.8 Å². The second kappa shape index (κ2) is 8.00. The van der Waals surface area contributed by atoms with Crippen molar-refractivity contribution in [2.45, 2.75) is 45.3 Å². The molecule has 0 aromatic heterocycles. The molecule has 1 fully saturated rings. The van der Waals surface area contributed by atoms with Gasteiger partial charge in [0, 0.05) is 5.69 Å². The van der Waals surface area contributed by atoms with E-state index in [2.05, 4.69) is 5.32 Å². The van der Waals surface area contributed by atoms with Crippen molar-refractivity contribution < 1.29 is 27.6 Å². The SMILES string of the molecule is CC(C)CC(C(=O)Nc1cccc(C(F)(F)F)c1)N1C(=O)C2CC=CCC2C1=O. The molecule has 1 heterocycles. The molecule has 8 heteroatoms. The van der Waals surface area contributed by atoms with E-state index in [1.807, 2.05) is 26.0 Å². The van der Waals surface area contributed by atoms with Crippen molar-refractivity contribution in [3.63, 3.8) is 0 Å². The number of allylic oxidation sites excluding steroid dienone is 2. The average Bonchev–Trinajstić information content (AvgIpc) is 2.90. The van der Waals surface area contributed by atoms with Crippen molar-refractivity contribution in [1.29, 1.82) is 0 Å². The summed E-state index contributed by atoms with van der Waals surface area (Å²) in [6.45, 7) is 3.70. The second-order valence-electron chi connectivity index (χ2n) is 7.92. The van der Waals surface area contributed by atoms with Crippen LogP contribution in [0.4, 0.5) is 18.9 Å². The number of fused-ring (bicyclic) bond motifs is 1. The molecular weight excluding hydrogens is 385 g/mol. The number of carbonyl (C=O) groups excluding carboxylic acids is 3. The van der Waals surface area contributed by atoms with Crippen LogP contribution in [0.2, 0.25) is 0 Å². The van der Waals surface area contributed by atoms with Gasteiger partial charge in [0.15, 0.2) is 0 Å². The van der Waals surface area contributed by atoms with E-state index in [0.717, 1.165) is 17.0 Å². The standard InChI is InChI=1S/C21H23F3N2O3/c1-12(2)10-17(26-19(28)15-8-3-4-9-16(15)20(26)29)18(27)25-14-7-5-6-13(11-14)21(22,23)24/h3-7,11-12,15-17H,8-10H2,1-2H3,(H,25,27). The molecule has 1 aromatic carbocycles. The number of benzene rings is 1. The van der Waals surface area contributed by atoms with Gasteiger partial charge in [-0.1, -0.05) is 32.1 Å². The van der Waals surface area contributed by atoms with E-state index in [4.69, 9.17) is 0 Å². The van der Waals surface area contributed by atoms with Crippen LogP contribution in [0.15, 0.2) is 36.4 Å². The molecule has 1 aromatic rings. The van der Waals surface area contributed by atoms with Crippen LogP contribution in [-0.2, 0) is 20.6 Å². The highest BCUT2D eigenvalue weighted by atomic mass is 19.4. The van der Waals surface area contributed by atoms with Crippen molar-refractivity contribution in [3.8, 4) is 0 Å². The van der Waals surface area contributed by atoms with Crippen molar-refractivity contribution in [1.82, 2.24) is 4.90 Å². The van der Waals surface area contributed by atoms with Gasteiger partial charge in [0.2, 0.25) is 17.7 Å². The van der Waals surface area contributed by atoms with Crippen molar-refractivity contribution in [2.24, 2.45) is 17.8 Å². The van der Waals surface area contributed by atoms with E-state index >= 15 is 0 Å². The van der Waals surface area contributed by atoms with E-state index in [0.29, 0.717) is 12.8 Å². The van der Waals surface area contributed by atoms with E-state index < -0.39 is 35.5 Å². The van der Waals surface area contributed by atoms with Crippen LogP contribution in [-0.4, -0.2) is 28.7 Å². The monoisotopic (exact) mass is 408 g/mol. The Balaban J connectivity index is 1.85. The molecule has 2 aliphatic rings. The second-order valence-corrected chi connectivity index (χ2v) is 7.92. The first-order valence-electron chi connectivity index (χ1n) is 9.59. The molecule has 0 bridgehead atoms. The van der Waals surface area contributed by atoms with Crippen molar-refractivity contribution in [2.75, 3.05) is 5.32 Å². The fraction of sp³-hybridized carbons (Fsp3) is 0.476. The fourth-order valence-corrected chi connectivity index (χ4v) is 3.91. The number of nitrogens with zero attached hydrogens (tertiary/aromatic N) is 1. The van der Waals surface area contributed by atoms with E-state index in [9.17, 15) is 27.6 Å². The molecule has 0 spiro atoms. The van der Waals surface area contributed by atoms with Gasteiger partial charge in [-0.3, -0.25) is 19.3 Å². The third-order valence-corrected chi connectivity index (χ3v) is 5.31. The lowest BCUT2D eigenvalue weighted by Crippen LogP contribution is -2.48. The number of alkyl halides is 3. The Bertz CT molecular complexity index is 822. The summed E-state index contributed by atoms with van der Waals surface area (Å²) in [4.78, 5) is 39.7. The molecule has 156 valence electrons. The van der Waals surface area contributed by atoms with E-state index in [1.165, 1.54) is 12.1 Å². The summed E-state index contributed by atoms with van der Waals surface area (Å²) in [5, 5.41) is 2.46. The molecule has 1 saturated heterocycles. The lowest BCUT2D eigenvalue weighted by molar-refractivity contribution is -0.147. The van der Waals surface area contributed by atoms with Crippen LogP contribution in [0.5, 0.6) is 0 Å². The number of rotatable bonds is 5. The van der Waals surface area contributed by atoms with Gasteiger partial charge in [0.1, 0.15) is 6.04 Å². The quantitative estimate of drug-likeness (QED) is 0.591. The zero-order valence-corrected chi connectivity index (χ0v) is 16.2. The summed E-state index contributed by atoms with van der Waals surface area (Å²) in [5.74, 6) is -2.37. The summed E-state index contributed by atoms with van der Waals surface area (Å²) < 4.78 is 38.8. The Morgan fingerprint density at radius 3 is 2.24 bits per heavy atom. The van der Waals surface area contributed by atoms with Gasteiger partial charge in [-0.25, -0.2) is 0 Å². The van der Waals surface area contributed by atoms with Gasteiger partial charge in [-0.15, -0.1) is 0 Å². The highest BCUT2D eigenvalue weighted by molar-refractivity contribution is 6.10. The maximum Gasteiger partial charge on any atom is 0.416 e. The lowest BCUT2D eigenvalue weighted by Gasteiger charge is -2.27. The summed E-state index contributed by atoms with van der Waals surface area (Å²) in [5.41, 5.74) is -0.919. The number of hydrogen-bond donors (Lipinski definition) is 1. The summed E-state index contributed by atoms with van der Waals surface area (Å²) in [6, 6.07) is 3.22. The van der Waals surface area contributed by atoms with Crippen LogP contribution in [0.25, 0.3) is 0 Å². The van der Waals surface area contributed by atoms with Gasteiger partial charge < -0.3 is 5.32 Å². The van der Waals surface area contributed by atoms with Gasteiger partial charge in [-0.05, 0) is 43.4 Å². The smallest absolute Gasteiger partial charge is 0.324 e. The minimum Gasteiger partial charge on any atom is -0.324 e. The first kappa shape index (κ1) is 21.1. The summed E-state index contributed by atoms with van der Waals surface area (Å²) in [7, 11) is 0. The number of likely N-dealkylation sites (tertiary alicyclic amines) is 1. The maximum atomic E-state index is 12.9. The number of anilines is 1. The van der Waals surface area contributed by atoms with Crippen LogP contribution in [0.3, 0.4) is 0 Å². The molecule has 0 saturated carbocycles. The Labute approximate surface area is 166 Å². The lowest BCUT2D eigenvalue weighted by atomic mass is 9.85. The van der Waals surface area contributed by atoms with E-state index in [1.54, 1.807) is 0 Å². The molecule has 1 aliphatic heterocycles. The van der Waals surface area contributed by atoms with Crippen LogP contribution in [0.1, 0.15) is 38.7 Å². The summed E-state index contributed by atoms with van der Waals surface area (Å²) >= 11 is 0. The van der Waals surface area contributed by atoms with Gasteiger partial charge >= 0.3 is 6.18 Å². The minimum atomic E-state index is -4.54. The molecule has 3 unspecified atom stereocenters. The average molecular weight is 408 g/mol. The zero-order chi connectivity index (χ0) is 21.3. The normalized spacial score (nSPS) is 22.8. The maximum absolute atomic E-state index is 12.9. The first-order valence-corrected chi connectivity index (χ1v) is 9.59. The Morgan fingerprint density at radius 1 is 1.14 bits per heavy atom. The number of halogens is 3. The highest BCUT2D eigenvalue weighted by Gasteiger charge is 2.51. The summed E-state index contributed by atoms with van der Waals surface area (Å²) in [6.07, 6.45) is 0.313.